The first-order valence-corrected chi connectivity index (χ1v) is 7.08. The third-order valence-corrected chi connectivity index (χ3v) is 4.05. The predicted octanol–water partition coefficient (Wildman–Crippen LogP) is 3.57. The highest BCUT2D eigenvalue weighted by Gasteiger charge is 2.15. The molecule has 0 atom stereocenters. The molecule has 0 unspecified atom stereocenters. The number of aromatic nitrogens is 1. The van der Waals surface area contributed by atoms with Crippen LogP contribution >= 0.6 is 0 Å². The molecule has 96 valence electrons. The lowest BCUT2D eigenvalue weighted by Crippen LogP contribution is -2.18. The zero-order chi connectivity index (χ0) is 12.5. The summed E-state index contributed by atoms with van der Waals surface area (Å²) < 4.78 is 2.38. The Balaban J connectivity index is 2.01. The molecular formula is C16H22N2. The van der Waals surface area contributed by atoms with Gasteiger partial charge in [0.1, 0.15) is 0 Å². The van der Waals surface area contributed by atoms with Crippen molar-refractivity contribution in [3.05, 3.63) is 35.5 Å². The number of fused-ring (bicyclic) bond motifs is 1. The smallest absolute Gasteiger partial charge is 0.0483 e. The SMILES string of the molecule is CCn1cc(CN2CCCC2)c2cc(C)ccc21. The van der Waals surface area contributed by atoms with E-state index in [4.69, 9.17) is 0 Å². The van der Waals surface area contributed by atoms with E-state index in [1.165, 1.54) is 48.0 Å². The monoisotopic (exact) mass is 242 g/mol. The van der Waals surface area contributed by atoms with Gasteiger partial charge in [-0.2, -0.15) is 0 Å². The van der Waals surface area contributed by atoms with Crippen LogP contribution in [-0.4, -0.2) is 22.6 Å². The fraction of sp³-hybridized carbons (Fsp3) is 0.500. The van der Waals surface area contributed by atoms with Crippen molar-refractivity contribution in [2.24, 2.45) is 0 Å². The molecule has 0 spiro atoms. The summed E-state index contributed by atoms with van der Waals surface area (Å²) in [4.78, 5) is 2.58. The predicted molar refractivity (Wildman–Crippen MR) is 76.9 cm³/mol. The van der Waals surface area contributed by atoms with Crippen LogP contribution in [0.1, 0.15) is 30.9 Å². The molecule has 0 bridgehead atoms. The Morgan fingerprint density at radius 1 is 1.17 bits per heavy atom. The molecule has 3 rings (SSSR count). The highest BCUT2D eigenvalue weighted by Crippen LogP contribution is 2.25. The van der Waals surface area contributed by atoms with Gasteiger partial charge in [-0.05, 0) is 57.5 Å². The molecule has 0 saturated carbocycles. The van der Waals surface area contributed by atoms with Crippen molar-refractivity contribution in [3.8, 4) is 0 Å². The lowest BCUT2D eigenvalue weighted by Gasteiger charge is -2.13. The largest absolute Gasteiger partial charge is 0.347 e. The van der Waals surface area contributed by atoms with Crippen molar-refractivity contribution in [3.63, 3.8) is 0 Å². The Morgan fingerprint density at radius 3 is 2.67 bits per heavy atom. The van der Waals surface area contributed by atoms with Crippen LogP contribution in [0.25, 0.3) is 10.9 Å². The summed E-state index contributed by atoms with van der Waals surface area (Å²) in [6.07, 6.45) is 5.08. The van der Waals surface area contributed by atoms with Crippen molar-refractivity contribution in [2.75, 3.05) is 13.1 Å². The van der Waals surface area contributed by atoms with E-state index in [-0.39, 0.29) is 0 Å². The zero-order valence-electron chi connectivity index (χ0n) is 11.4. The fourth-order valence-electron chi connectivity index (χ4n) is 3.05. The first kappa shape index (κ1) is 11.8. The lowest BCUT2D eigenvalue weighted by molar-refractivity contribution is 0.332. The van der Waals surface area contributed by atoms with Crippen LogP contribution in [0.2, 0.25) is 0 Å². The molecule has 0 aliphatic carbocycles. The van der Waals surface area contributed by atoms with E-state index in [0.717, 1.165) is 13.1 Å². The number of hydrogen-bond acceptors (Lipinski definition) is 1. The Bertz CT molecular complexity index is 547. The van der Waals surface area contributed by atoms with Crippen molar-refractivity contribution in [1.82, 2.24) is 9.47 Å². The number of hydrogen-bond donors (Lipinski definition) is 0. The number of benzene rings is 1. The summed E-state index contributed by atoms with van der Waals surface area (Å²) in [7, 11) is 0. The van der Waals surface area contributed by atoms with Crippen LogP contribution in [0.4, 0.5) is 0 Å². The van der Waals surface area contributed by atoms with Gasteiger partial charge >= 0.3 is 0 Å². The second-order valence-corrected chi connectivity index (χ2v) is 5.44. The van der Waals surface area contributed by atoms with Crippen LogP contribution in [0.15, 0.2) is 24.4 Å². The van der Waals surface area contributed by atoms with Crippen molar-refractivity contribution >= 4 is 10.9 Å². The average Bonchev–Trinajstić information content (AvgIpc) is 2.98. The molecule has 2 heterocycles. The Morgan fingerprint density at radius 2 is 1.94 bits per heavy atom. The minimum absolute atomic E-state index is 1.06. The zero-order valence-corrected chi connectivity index (χ0v) is 11.4. The molecule has 1 aliphatic rings. The molecule has 1 fully saturated rings. The van der Waals surface area contributed by atoms with E-state index in [1.54, 1.807) is 0 Å². The van der Waals surface area contributed by atoms with Crippen LogP contribution < -0.4 is 0 Å². The van der Waals surface area contributed by atoms with Gasteiger partial charge in [-0.1, -0.05) is 11.6 Å². The lowest BCUT2D eigenvalue weighted by atomic mass is 10.1. The highest BCUT2D eigenvalue weighted by atomic mass is 15.1. The summed E-state index contributed by atoms with van der Waals surface area (Å²) in [6, 6.07) is 6.82. The number of likely N-dealkylation sites (tertiary alicyclic amines) is 1. The van der Waals surface area contributed by atoms with Gasteiger partial charge in [-0.25, -0.2) is 0 Å². The van der Waals surface area contributed by atoms with Crippen LogP contribution in [0.5, 0.6) is 0 Å². The third-order valence-electron chi connectivity index (χ3n) is 4.05. The van der Waals surface area contributed by atoms with Crippen LogP contribution in [-0.2, 0) is 13.1 Å². The van der Waals surface area contributed by atoms with Gasteiger partial charge in [-0.15, -0.1) is 0 Å². The molecule has 0 radical (unpaired) electrons. The minimum Gasteiger partial charge on any atom is -0.347 e. The molecule has 1 aromatic carbocycles. The van der Waals surface area contributed by atoms with Crippen LogP contribution in [0, 0.1) is 6.92 Å². The summed E-state index contributed by atoms with van der Waals surface area (Å²) in [5.74, 6) is 0. The molecule has 2 heteroatoms. The summed E-state index contributed by atoms with van der Waals surface area (Å²) in [6.45, 7) is 9.11. The van der Waals surface area contributed by atoms with E-state index >= 15 is 0 Å². The number of rotatable bonds is 3. The van der Waals surface area contributed by atoms with E-state index in [1.807, 2.05) is 0 Å². The first-order chi connectivity index (χ1) is 8.78. The van der Waals surface area contributed by atoms with E-state index < -0.39 is 0 Å². The molecule has 0 N–H and O–H groups in total. The second-order valence-electron chi connectivity index (χ2n) is 5.44. The van der Waals surface area contributed by atoms with Crippen molar-refractivity contribution in [2.45, 2.75) is 39.8 Å². The quantitative estimate of drug-likeness (QED) is 0.799. The van der Waals surface area contributed by atoms with Gasteiger partial charge in [0.25, 0.3) is 0 Å². The van der Waals surface area contributed by atoms with Gasteiger partial charge < -0.3 is 4.57 Å². The van der Waals surface area contributed by atoms with Crippen molar-refractivity contribution in [1.29, 1.82) is 0 Å². The number of aryl methyl sites for hydroxylation is 2. The van der Waals surface area contributed by atoms with E-state index in [2.05, 4.69) is 47.7 Å². The standard InChI is InChI=1S/C16H22N2/c1-3-18-12-14(11-17-8-4-5-9-17)15-10-13(2)6-7-16(15)18/h6-7,10,12H,3-5,8-9,11H2,1-2H3. The summed E-state index contributed by atoms with van der Waals surface area (Å²) in [5, 5.41) is 1.45. The Labute approximate surface area is 109 Å². The summed E-state index contributed by atoms with van der Waals surface area (Å²) in [5.41, 5.74) is 4.24. The van der Waals surface area contributed by atoms with Crippen LogP contribution in [0.3, 0.4) is 0 Å². The fourth-order valence-corrected chi connectivity index (χ4v) is 3.05. The molecule has 2 nitrogen and oxygen atoms in total. The topological polar surface area (TPSA) is 8.17 Å². The minimum atomic E-state index is 1.06. The van der Waals surface area contributed by atoms with Crippen molar-refractivity contribution < 1.29 is 0 Å². The van der Waals surface area contributed by atoms with Gasteiger partial charge in [0.15, 0.2) is 0 Å². The second kappa shape index (κ2) is 4.77. The molecule has 1 saturated heterocycles. The third kappa shape index (κ3) is 2.05. The Kier molecular flexibility index (Phi) is 3.13. The Hall–Kier alpha value is -1.28. The normalized spacial score (nSPS) is 16.8. The molecular weight excluding hydrogens is 220 g/mol. The molecule has 1 aliphatic heterocycles. The molecule has 0 amide bonds. The molecule has 18 heavy (non-hydrogen) atoms. The molecule has 2 aromatic rings. The van der Waals surface area contributed by atoms with E-state index in [9.17, 15) is 0 Å². The van der Waals surface area contributed by atoms with E-state index in [0.29, 0.717) is 0 Å². The maximum Gasteiger partial charge on any atom is 0.0483 e. The maximum absolute atomic E-state index is 2.58. The number of nitrogens with zero attached hydrogens (tertiary/aromatic N) is 2. The average molecular weight is 242 g/mol. The van der Waals surface area contributed by atoms with Gasteiger partial charge in [0.05, 0.1) is 0 Å². The van der Waals surface area contributed by atoms with Gasteiger partial charge in [-0.3, -0.25) is 4.90 Å². The molecule has 1 aromatic heterocycles. The maximum atomic E-state index is 2.58. The van der Waals surface area contributed by atoms with Gasteiger partial charge in [0.2, 0.25) is 0 Å². The highest BCUT2D eigenvalue weighted by molar-refractivity contribution is 5.84. The summed E-state index contributed by atoms with van der Waals surface area (Å²) >= 11 is 0. The van der Waals surface area contributed by atoms with Gasteiger partial charge in [0, 0.05) is 30.2 Å². The first-order valence-electron chi connectivity index (χ1n) is 7.08.